The van der Waals surface area contributed by atoms with Crippen molar-refractivity contribution in [3.63, 3.8) is 0 Å². The van der Waals surface area contributed by atoms with E-state index in [0.29, 0.717) is 55.7 Å². The predicted molar refractivity (Wildman–Crippen MR) is 120 cm³/mol. The standard InChI is InChI=1S/C23H28F3N5O2/c1-16(2)13-28-22(33)18-5-3-4-6-19(18)29-21(32)15-30-9-11-31(12-10-30)20-8-7-17(14-27-20)23(24,25)26/h3-8,14,16H,9-13,15H2,1-2H3,(H,28,33)(H,29,32). The second kappa shape index (κ2) is 10.7. The van der Waals surface area contributed by atoms with Gasteiger partial charge in [0.15, 0.2) is 0 Å². The zero-order valence-corrected chi connectivity index (χ0v) is 18.7. The summed E-state index contributed by atoms with van der Waals surface area (Å²) in [5, 5.41) is 5.67. The van der Waals surface area contributed by atoms with Crippen LogP contribution in [0.1, 0.15) is 29.8 Å². The third kappa shape index (κ3) is 6.92. The summed E-state index contributed by atoms with van der Waals surface area (Å²) in [5.74, 6) is 0.318. The van der Waals surface area contributed by atoms with Gasteiger partial charge in [-0.3, -0.25) is 14.5 Å². The van der Waals surface area contributed by atoms with Gasteiger partial charge in [-0.25, -0.2) is 4.98 Å². The molecule has 1 fully saturated rings. The van der Waals surface area contributed by atoms with Crippen molar-refractivity contribution < 1.29 is 22.8 Å². The number of rotatable bonds is 7. The zero-order valence-electron chi connectivity index (χ0n) is 18.7. The van der Waals surface area contributed by atoms with Crippen molar-refractivity contribution in [2.45, 2.75) is 20.0 Å². The average molecular weight is 464 g/mol. The van der Waals surface area contributed by atoms with Crippen LogP contribution in [0.3, 0.4) is 0 Å². The number of nitrogens with zero attached hydrogens (tertiary/aromatic N) is 3. The summed E-state index contributed by atoms with van der Waals surface area (Å²) in [7, 11) is 0. The Morgan fingerprint density at radius 3 is 2.36 bits per heavy atom. The number of benzene rings is 1. The lowest BCUT2D eigenvalue weighted by Crippen LogP contribution is -2.49. The second-order valence-electron chi connectivity index (χ2n) is 8.36. The van der Waals surface area contributed by atoms with Gasteiger partial charge in [-0.2, -0.15) is 13.2 Å². The van der Waals surface area contributed by atoms with Gasteiger partial charge >= 0.3 is 6.18 Å². The van der Waals surface area contributed by atoms with E-state index in [2.05, 4.69) is 15.6 Å². The minimum atomic E-state index is -4.41. The quantitative estimate of drug-likeness (QED) is 0.659. The van der Waals surface area contributed by atoms with Crippen LogP contribution in [0.15, 0.2) is 42.6 Å². The molecular formula is C23H28F3N5O2. The molecule has 1 aromatic heterocycles. The van der Waals surface area contributed by atoms with Crippen molar-refractivity contribution in [2.75, 3.05) is 49.5 Å². The molecule has 1 aromatic carbocycles. The van der Waals surface area contributed by atoms with Crippen LogP contribution in [-0.2, 0) is 11.0 Å². The van der Waals surface area contributed by atoms with Gasteiger partial charge in [0.1, 0.15) is 5.82 Å². The Morgan fingerprint density at radius 1 is 1.06 bits per heavy atom. The third-order valence-electron chi connectivity index (χ3n) is 5.26. The van der Waals surface area contributed by atoms with Crippen molar-refractivity contribution in [2.24, 2.45) is 5.92 Å². The van der Waals surface area contributed by atoms with E-state index in [0.717, 1.165) is 12.3 Å². The van der Waals surface area contributed by atoms with Gasteiger partial charge < -0.3 is 15.5 Å². The number of amides is 2. The number of nitrogens with one attached hydrogen (secondary N) is 2. The Balaban J connectivity index is 1.51. The van der Waals surface area contributed by atoms with Crippen molar-refractivity contribution >= 4 is 23.3 Å². The van der Waals surface area contributed by atoms with Gasteiger partial charge in [-0.15, -0.1) is 0 Å². The second-order valence-corrected chi connectivity index (χ2v) is 8.36. The van der Waals surface area contributed by atoms with Crippen LogP contribution in [0.25, 0.3) is 0 Å². The van der Waals surface area contributed by atoms with Crippen LogP contribution < -0.4 is 15.5 Å². The van der Waals surface area contributed by atoms with Crippen molar-refractivity contribution in [3.05, 3.63) is 53.7 Å². The third-order valence-corrected chi connectivity index (χ3v) is 5.26. The zero-order chi connectivity index (χ0) is 24.0. The molecule has 1 saturated heterocycles. The van der Waals surface area contributed by atoms with Gasteiger partial charge in [-0.1, -0.05) is 26.0 Å². The van der Waals surface area contributed by atoms with Gasteiger partial charge in [0.2, 0.25) is 5.91 Å². The number of aromatic nitrogens is 1. The van der Waals surface area contributed by atoms with Gasteiger partial charge in [0, 0.05) is 38.9 Å². The Morgan fingerprint density at radius 2 is 1.76 bits per heavy atom. The summed E-state index contributed by atoms with van der Waals surface area (Å²) in [5.41, 5.74) is 0.0840. The molecule has 2 amide bonds. The number of anilines is 2. The van der Waals surface area contributed by atoms with Crippen LogP contribution in [0.2, 0.25) is 0 Å². The van der Waals surface area contributed by atoms with E-state index >= 15 is 0 Å². The number of carbonyl (C=O) groups excluding carboxylic acids is 2. The smallest absolute Gasteiger partial charge is 0.354 e. The highest BCUT2D eigenvalue weighted by atomic mass is 19.4. The molecule has 0 atom stereocenters. The summed E-state index contributed by atoms with van der Waals surface area (Å²) in [6.45, 7) is 6.90. The number of pyridine rings is 1. The molecule has 0 saturated carbocycles. The van der Waals surface area contributed by atoms with Crippen LogP contribution in [0.4, 0.5) is 24.7 Å². The number of hydrogen-bond acceptors (Lipinski definition) is 5. The van der Waals surface area contributed by atoms with E-state index in [1.54, 1.807) is 24.3 Å². The molecular weight excluding hydrogens is 435 g/mol. The van der Waals surface area contributed by atoms with Gasteiger partial charge in [-0.05, 0) is 30.2 Å². The van der Waals surface area contributed by atoms with Crippen molar-refractivity contribution in [1.82, 2.24) is 15.2 Å². The Labute approximate surface area is 191 Å². The Hall–Kier alpha value is -3.14. The van der Waals surface area contributed by atoms with Crippen LogP contribution >= 0.6 is 0 Å². The Bertz CT molecular complexity index is 955. The molecule has 0 unspecified atom stereocenters. The first-order valence-corrected chi connectivity index (χ1v) is 10.8. The first-order chi connectivity index (χ1) is 15.6. The van der Waals surface area contributed by atoms with E-state index in [4.69, 9.17) is 0 Å². The topological polar surface area (TPSA) is 77.6 Å². The molecule has 1 aliphatic heterocycles. The molecule has 0 radical (unpaired) electrons. The highest BCUT2D eigenvalue weighted by Gasteiger charge is 2.31. The lowest BCUT2D eigenvalue weighted by atomic mass is 10.1. The SMILES string of the molecule is CC(C)CNC(=O)c1ccccc1NC(=O)CN1CCN(c2ccc(C(F)(F)F)cn2)CC1. The fourth-order valence-corrected chi connectivity index (χ4v) is 3.45. The molecule has 7 nitrogen and oxygen atoms in total. The summed E-state index contributed by atoms with van der Waals surface area (Å²) in [4.78, 5) is 32.8. The minimum Gasteiger partial charge on any atom is -0.354 e. The molecule has 10 heteroatoms. The summed E-state index contributed by atoms with van der Waals surface area (Å²) in [6, 6.07) is 9.25. The number of hydrogen-bond donors (Lipinski definition) is 2. The maximum atomic E-state index is 12.7. The molecule has 0 spiro atoms. The summed E-state index contributed by atoms with van der Waals surface area (Å²) < 4.78 is 38.1. The van der Waals surface area contributed by atoms with Crippen LogP contribution in [0.5, 0.6) is 0 Å². The van der Waals surface area contributed by atoms with Crippen molar-refractivity contribution in [1.29, 1.82) is 0 Å². The summed E-state index contributed by atoms with van der Waals surface area (Å²) in [6.07, 6.45) is -3.57. The molecule has 2 aromatic rings. The van der Waals surface area contributed by atoms with E-state index in [1.165, 1.54) is 6.07 Å². The van der Waals surface area contributed by atoms with Crippen LogP contribution in [0, 0.1) is 5.92 Å². The molecule has 33 heavy (non-hydrogen) atoms. The first-order valence-electron chi connectivity index (χ1n) is 10.8. The fraction of sp³-hybridized carbons (Fsp3) is 0.435. The van der Waals surface area contributed by atoms with Crippen LogP contribution in [-0.4, -0.2) is 61.0 Å². The van der Waals surface area contributed by atoms with Gasteiger partial charge in [0.25, 0.3) is 5.91 Å². The number of halogens is 3. The molecule has 0 aliphatic carbocycles. The normalized spacial score (nSPS) is 14.9. The molecule has 3 rings (SSSR count). The van der Waals surface area contributed by atoms with E-state index in [-0.39, 0.29) is 18.4 Å². The van der Waals surface area contributed by atoms with Crippen molar-refractivity contribution in [3.8, 4) is 0 Å². The molecule has 2 heterocycles. The first kappa shape index (κ1) is 24.5. The summed E-state index contributed by atoms with van der Waals surface area (Å²) >= 11 is 0. The maximum Gasteiger partial charge on any atom is 0.417 e. The molecule has 1 aliphatic rings. The number of para-hydroxylation sites is 1. The number of carbonyl (C=O) groups is 2. The minimum absolute atomic E-state index is 0.149. The van der Waals surface area contributed by atoms with E-state index in [1.807, 2.05) is 23.6 Å². The largest absolute Gasteiger partial charge is 0.417 e. The number of alkyl halides is 3. The monoisotopic (exact) mass is 463 g/mol. The van der Waals surface area contributed by atoms with Gasteiger partial charge in [0.05, 0.1) is 23.4 Å². The maximum absolute atomic E-state index is 12.7. The highest BCUT2D eigenvalue weighted by molar-refractivity contribution is 6.04. The highest BCUT2D eigenvalue weighted by Crippen LogP contribution is 2.29. The Kier molecular flexibility index (Phi) is 7.91. The lowest BCUT2D eigenvalue weighted by Gasteiger charge is -2.35. The average Bonchev–Trinajstić information content (AvgIpc) is 2.78. The predicted octanol–water partition coefficient (Wildman–Crippen LogP) is 3.25. The molecule has 2 N–H and O–H groups in total. The molecule has 0 bridgehead atoms. The lowest BCUT2D eigenvalue weighted by molar-refractivity contribution is -0.137. The fourth-order valence-electron chi connectivity index (χ4n) is 3.45. The number of piperazine rings is 1. The molecule has 178 valence electrons. The van der Waals surface area contributed by atoms with E-state index < -0.39 is 11.7 Å². The van der Waals surface area contributed by atoms with E-state index in [9.17, 15) is 22.8 Å².